The molecule has 5 heteroatoms. The van der Waals surface area contributed by atoms with Crippen molar-refractivity contribution in [2.75, 3.05) is 39.6 Å². The zero-order valence-electron chi connectivity index (χ0n) is 10.7. The maximum atomic E-state index is 5.56. The SMILES string of the molecule is Cc1ccc(C=NC23CN4CN(CN(C4)C2)C3)o1. The van der Waals surface area contributed by atoms with Gasteiger partial charge in [-0.05, 0) is 19.1 Å². The molecule has 0 radical (unpaired) electrons. The summed E-state index contributed by atoms with van der Waals surface area (Å²) in [5.41, 5.74) is 0.0510. The normalized spacial score (nSPS) is 41.9. The Morgan fingerprint density at radius 1 is 1.11 bits per heavy atom. The molecule has 4 bridgehead atoms. The molecule has 0 unspecified atom stereocenters. The molecule has 4 saturated heterocycles. The second-order valence-electron chi connectivity index (χ2n) is 5.84. The third-order valence-electron chi connectivity index (χ3n) is 3.98. The van der Waals surface area contributed by atoms with Gasteiger partial charge in [0.25, 0.3) is 0 Å². The molecule has 18 heavy (non-hydrogen) atoms. The lowest BCUT2D eigenvalue weighted by Gasteiger charge is -2.59. The zero-order chi connectivity index (χ0) is 12.2. The van der Waals surface area contributed by atoms with Gasteiger partial charge in [0.2, 0.25) is 0 Å². The van der Waals surface area contributed by atoms with Gasteiger partial charge in [-0.3, -0.25) is 19.7 Å². The van der Waals surface area contributed by atoms with Gasteiger partial charge in [0, 0.05) is 19.6 Å². The van der Waals surface area contributed by atoms with Crippen LogP contribution in [0.1, 0.15) is 11.5 Å². The summed E-state index contributed by atoms with van der Waals surface area (Å²) in [5.74, 6) is 1.81. The van der Waals surface area contributed by atoms with Crippen LogP contribution < -0.4 is 0 Å². The van der Waals surface area contributed by atoms with Gasteiger partial charge in [0.15, 0.2) is 0 Å². The van der Waals surface area contributed by atoms with Gasteiger partial charge in [-0.2, -0.15) is 0 Å². The summed E-state index contributed by atoms with van der Waals surface area (Å²) in [4.78, 5) is 12.3. The Balaban J connectivity index is 1.59. The molecule has 5 rings (SSSR count). The summed E-state index contributed by atoms with van der Waals surface area (Å²) in [7, 11) is 0. The third kappa shape index (κ3) is 1.70. The Hall–Kier alpha value is -1.17. The largest absolute Gasteiger partial charge is 0.460 e. The van der Waals surface area contributed by atoms with Crippen molar-refractivity contribution >= 4 is 6.21 Å². The van der Waals surface area contributed by atoms with Crippen LogP contribution in [0.25, 0.3) is 0 Å². The maximum absolute atomic E-state index is 5.56. The number of furan rings is 1. The van der Waals surface area contributed by atoms with Crippen LogP contribution in [0.15, 0.2) is 21.5 Å². The first-order chi connectivity index (χ1) is 8.71. The zero-order valence-corrected chi connectivity index (χ0v) is 10.7. The van der Waals surface area contributed by atoms with E-state index in [4.69, 9.17) is 9.41 Å². The third-order valence-corrected chi connectivity index (χ3v) is 3.98. The lowest BCUT2D eigenvalue weighted by molar-refractivity contribution is -0.139. The average molecular weight is 246 g/mol. The molecule has 96 valence electrons. The highest BCUT2D eigenvalue weighted by atomic mass is 16.3. The molecule has 0 amide bonds. The predicted octanol–water partition coefficient (Wildman–Crippen LogP) is 0.565. The minimum absolute atomic E-state index is 0.0510. The molecule has 1 aromatic rings. The molecular weight excluding hydrogens is 228 g/mol. The molecule has 0 saturated carbocycles. The van der Waals surface area contributed by atoms with Gasteiger partial charge < -0.3 is 4.42 Å². The summed E-state index contributed by atoms with van der Waals surface area (Å²) < 4.78 is 5.56. The molecule has 1 aromatic heterocycles. The fourth-order valence-electron chi connectivity index (χ4n) is 3.53. The average Bonchev–Trinajstić information content (AvgIpc) is 2.71. The number of aliphatic imine (C=N–C) groups is 1. The first-order valence-corrected chi connectivity index (χ1v) is 6.50. The molecule has 0 spiro atoms. The van der Waals surface area contributed by atoms with Crippen LogP contribution in [0.2, 0.25) is 0 Å². The lowest BCUT2D eigenvalue weighted by Crippen LogP contribution is -2.75. The van der Waals surface area contributed by atoms with Gasteiger partial charge in [-0.25, -0.2) is 0 Å². The van der Waals surface area contributed by atoms with Crippen LogP contribution in [0, 0.1) is 6.92 Å². The van der Waals surface area contributed by atoms with Crippen LogP contribution >= 0.6 is 0 Å². The Morgan fingerprint density at radius 3 is 2.22 bits per heavy atom. The van der Waals surface area contributed by atoms with Crippen LogP contribution in [-0.4, -0.2) is 66.1 Å². The van der Waals surface area contributed by atoms with E-state index >= 15 is 0 Å². The summed E-state index contributed by atoms with van der Waals surface area (Å²) in [6.45, 7) is 8.52. The van der Waals surface area contributed by atoms with Crippen LogP contribution in [-0.2, 0) is 0 Å². The molecule has 4 aliphatic heterocycles. The Bertz CT molecular complexity index is 458. The number of aryl methyl sites for hydroxylation is 1. The van der Waals surface area contributed by atoms with Gasteiger partial charge in [-0.15, -0.1) is 0 Å². The van der Waals surface area contributed by atoms with E-state index < -0.39 is 0 Å². The minimum Gasteiger partial charge on any atom is -0.460 e. The van der Waals surface area contributed by atoms with Crippen molar-refractivity contribution in [3.8, 4) is 0 Å². The van der Waals surface area contributed by atoms with Gasteiger partial charge in [0.05, 0.1) is 31.8 Å². The van der Waals surface area contributed by atoms with E-state index in [0.29, 0.717) is 0 Å². The maximum Gasteiger partial charge on any atom is 0.144 e. The quantitative estimate of drug-likeness (QED) is 0.715. The number of hydrogen-bond acceptors (Lipinski definition) is 5. The van der Waals surface area contributed by atoms with Crippen molar-refractivity contribution in [2.24, 2.45) is 4.99 Å². The van der Waals surface area contributed by atoms with E-state index in [-0.39, 0.29) is 5.54 Å². The molecule has 0 N–H and O–H groups in total. The fraction of sp³-hybridized carbons (Fsp3) is 0.615. The molecule has 0 aliphatic carbocycles. The van der Waals surface area contributed by atoms with Crippen molar-refractivity contribution in [1.29, 1.82) is 0 Å². The Morgan fingerprint density at radius 2 is 1.72 bits per heavy atom. The second kappa shape index (κ2) is 3.66. The molecule has 5 heterocycles. The standard InChI is InChI=1S/C13H18N4O/c1-11-2-3-12(18-11)4-14-13-5-15-8-16(6-13)10-17(7-13)9-15/h2-4H,5-10H2,1H3. The van der Waals surface area contributed by atoms with E-state index in [9.17, 15) is 0 Å². The van der Waals surface area contributed by atoms with Crippen LogP contribution in [0.4, 0.5) is 0 Å². The minimum atomic E-state index is 0.0510. The number of hydrogen-bond donors (Lipinski definition) is 0. The lowest BCUT2D eigenvalue weighted by atomic mass is 9.92. The summed E-state index contributed by atoms with van der Waals surface area (Å²) in [5, 5.41) is 0. The smallest absolute Gasteiger partial charge is 0.144 e. The highest BCUT2D eigenvalue weighted by Gasteiger charge is 2.48. The summed E-state index contributed by atoms with van der Waals surface area (Å²) in [6, 6.07) is 3.97. The first-order valence-electron chi connectivity index (χ1n) is 6.50. The number of rotatable bonds is 2. The Labute approximate surface area is 107 Å². The van der Waals surface area contributed by atoms with E-state index in [1.54, 1.807) is 0 Å². The van der Waals surface area contributed by atoms with Crippen molar-refractivity contribution in [1.82, 2.24) is 14.7 Å². The number of nitrogens with zero attached hydrogens (tertiary/aromatic N) is 4. The molecule has 0 aromatic carbocycles. The van der Waals surface area contributed by atoms with E-state index in [1.165, 1.54) is 0 Å². The molecule has 5 nitrogen and oxygen atoms in total. The van der Waals surface area contributed by atoms with Crippen LogP contribution in [0.3, 0.4) is 0 Å². The van der Waals surface area contributed by atoms with Gasteiger partial charge in [0.1, 0.15) is 11.5 Å². The molecule has 4 aliphatic rings. The van der Waals surface area contributed by atoms with Crippen molar-refractivity contribution in [2.45, 2.75) is 12.5 Å². The predicted molar refractivity (Wildman–Crippen MR) is 68.5 cm³/mol. The van der Waals surface area contributed by atoms with E-state index in [2.05, 4.69) is 14.7 Å². The fourth-order valence-corrected chi connectivity index (χ4v) is 3.53. The molecular formula is C13H18N4O. The topological polar surface area (TPSA) is 35.2 Å². The summed E-state index contributed by atoms with van der Waals surface area (Å²) in [6.07, 6.45) is 1.91. The Kier molecular flexibility index (Phi) is 2.18. The van der Waals surface area contributed by atoms with Crippen molar-refractivity contribution in [3.63, 3.8) is 0 Å². The highest BCUT2D eigenvalue weighted by molar-refractivity contribution is 5.76. The first kappa shape index (κ1) is 10.7. The van der Waals surface area contributed by atoms with Gasteiger partial charge in [-0.1, -0.05) is 0 Å². The van der Waals surface area contributed by atoms with E-state index in [1.807, 2.05) is 25.3 Å². The summed E-state index contributed by atoms with van der Waals surface area (Å²) >= 11 is 0. The highest BCUT2D eigenvalue weighted by Crippen LogP contribution is 2.31. The van der Waals surface area contributed by atoms with Crippen molar-refractivity contribution in [3.05, 3.63) is 23.7 Å². The monoisotopic (exact) mass is 246 g/mol. The van der Waals surface area contributed by atoms with Gasteiger partial charge >= 0.3 is 0 Å². The molecule has 4 fully saturated rings. The van der Waals surface area contributed by atoms with Crippen molar-refractivity contribution < 1.29 is 4.42 Å². The van der Waals surface area contributed by atoms with Crippen LogP contribution in [0.5, 0.6) is 0 Å². The second-order valence-corrected chi connectivity index (χ2v) is 5.84. The van der Waals surface area contributed by atoms with E-state index in [0.717, 1.165) is 51.2 Å². The molecule has 0 atom stereocenters.